The first-order valence-corrected chi connectivity index (χ1v) is 8.05. The molecule has 0 radical (unpaired) electrons. The third-order valence-corrected chi connectivity index (χ3v) is 5.38. The predicted octanol–water partition coefficient (Wildman–Crippen LogP) is 2.38. The summed E-state index contributed by atoms with van der Waals surface area (Å²) >= 11 is 0. The monoisotopic (exact) mass is 315 g/mol. The van der Waals surface area contributed by atoms with Crippen molar-refractivity contribution in [2.75, 3.05) is 6.61 Å². The molecule has 23 heavy (non-hydrogen) atoms. The summed E-state index contributed by atoms with van der Waals surface area (Å²) in [4.78, 5) is 17.2. The van der Waals surface area contributed by atoms with E-state index < -0.39 is 0 Å². The first kappa shape index (κ1) is 14.6. The summed E-state index contributed by atoms with van der Waals surface area (Å²) in [6.07, 6.45) is 1.26. The minimum atomic E-state index is -0.0878. The zero-order valence-electron chi connectivity index (χ0n) is 13.8. The van der Waals surface area contributed by atoms with Crippen molar-refractivity contribution in [3.8, 4) is 0 Å². The van der Waals surface area contributed by atoms with Gasteiger partial charge in [0, 0.05) is 29.7 Å². The second kappa shape index (κ2) is 4.77. The Morgan fingerprint density at radius 2 is 2.17 bits per heavy atom. The highest BCUT2D eigenvalue weighted by atomic mass is 16.5. The van der Waals surface area contributed by atoms with Gasteiger partial charge in [-0.15, -0.1) is 0 Å². The van der Waals surface area contributed by atoms with Gasteiger partial charge in [-0.3, -0.25) is 4.79 Å². The van der Waals surface area contributed by atoms with E-state index in [4.69, 9.17) is 9.26 Å². The topological polar surface area (TPSA) is 77.2 Å². The average Bonchev–Trinajstić information content (AvgIpc) is 3.10. The van der Waals surface area contributed by atoms with Crippen molar-refractivity contribution in [1.29, 1.82) is 0 Å². The lowest BCUT2D eigenvalue weighted by Gasteiger charge is -2.54. The summed E-state index contributed by atoms with van der Waals surface area (Å²) in [5, 5.41) is 7.85. The van der Waals surface area contributed by atoms with E-state index in [0.29, 0.717) is 28.3 Å². The van der Waals surface area contributed by atoms with Crippen molar-refractivity contribution in [2.24, 2.45) is 11.3 Å². The number of nitrogens with one attached hydrogen (secondary N) is 1. The van der Waals surface area contributed by atoms with E-state index in [2.05, 4.69) is 29.3 Å². The van der Waals surface area contributed by atoms with Crippen LogP contribution >= 0.6 is 0 Å². The molecule has 1 N–H and O–H groups in total. The van der Waals surface area contributed by atoms with E-state index in [1.807, 2.05) is 13.8 Å². The van der Waals surface area contributed by atoms with Crippen LogP contribution < -0.4 is 5.32 Å². The molecule has 0 unspecified atom stereocenters. The standard InChI is InChI=1S/C17H21N3O3/c1-8-7-11(12-9(2)20-23-16(12)18-8)15(21)19-13-10-5-6-22-14(10)17(13,3)4/h7,10,13-14H,5-6H2,1-4H3,(H,19,21)/t10-,13-,14-/m1/s1. The van der Waals surface area contributed by atoms with Gasteiger partial charge in [0.05, 0.1) is 22.7 Å². The lowest BCUT2D eigenvalue weighted by Crippen LogP contribution is -2.66. The number of ether oxygens (including phenoxy) is 1. The smallest absolute Gasteiger partial charge is 0.258 e. The SMILES string of the molecule is Cc1cc(C(=O)N[C@@H]2[C@H]3CCO[C@H]3C2(C)C)c2c(C)noc2n1. The van der Waals surface area contributed by atoms with Crippen molar-refractivity contribution < 1.29 is 14.1 Å². The van der Waals surface area contributed by atoms with E-state index in [1.54, 1.807) is 6.07 Å². The summed E-state index contributed by atoms with van der Waals surface area (Å²) in [6.45, 7) is 8.77. The lowest BCUT2D eigenvalue weighted by atomic mass is 9.57. The molecule has 2 fully saturated rings. The Balaban J connectivity index is 1.67. The Hall–Kier alpha value is -1.95. The largest absolute Gasteiger partial charge is 0.377 e. The number of aromatic nitrogens is 2. The maximum absolute atomic E-state index is 12.9. The second-order valence-electron chi connectivity index (χ2n) is 7.28. The molecular formula is C17H21N3O3. The number of hydrogen-bond acceptors (Lipinski definition) is 5. The van der Waals surface area contributed by atoms with E-state index in [-0.39, 0.29) is 23.5 Å². The highest BCUT2D eigenvalue weighted by molar-refractivity contribution is 6.06. The van der Waals surface area contributed by atoms with Crippen LogP contribution in [0.3, 0.4) is 0 Å². The number of rotatable bonds is 2. The Morgan fingerprint density at radius 1 is 1.39 bits per heavy atom. The van der Waals surface area contributed by atoms with Gasteiger partial charge < -0.3 is 14.6 Å². The zero-order valence-corrected chi connectivity index (χ0v) is 13.8. The molecule has 0 aromatic carbocycles. The molecule has 2 aliphatic rings. The fourth-order valence-corrected chi connectivity index (χ4v) is 4.23. The Labute approximate surface area is 134 Å². The van der Waals surface area contributed by atoms with E-state index >= 15 is 0 Å². The van der Waals surface area contributed by atoms with Crippen LogP contribution in [0, 0.1) is 25.2 Å². The van der Waals surface area contributed by atoms with Gasteiger partial charge >= 0.3 is 0 Å². The molecule has 0 bridgehead atoms. The highest BCUT2D eigenvalue weighted by Crippen LogP contribution is 2.52. The minimum Gasteiger partial charge on any atom is -0.377 e. The third-order valence-electron chi connectivity index (χ3n) is 5.38. The number of hydrogen-bond donors (Lipinski definition) is 1. The van der Waals surface area contributed by atoms with Gasteiger partial charge in [0.25, 0.3) is 11.6 Å². The fourth-order valence-electron chi connectivity index (χ4n) is 4.23. The lowest BCUT2D eigenvalue weighted by molar-refractivity contribution is -0.108. The predicted molar refractivity (Wildman–Crippen MR) is 84.2 cm³/mol. The van der Waals surface area contributed by atoms with Crippen molar-refractivity contribution in [1.82, 2.24) is 15.5 Å². The molecule has 1 aliphatic carbocycles. The Morgan fingerprint density at radius 3 is 2.96 bits per heavy atom. The average molecular weight is 315 g/mol. The molecule has 2 aromatic heterocycles. The van der Waals surface area contributed by atoms with Gasteiger partial charge in [0.1, 0.15) is 0 Å². The number of carbonyl (C=O) groups is 1. The number of pyridine rings is 1. The van der Waals surface area contributed by atoms with Gasteiger partial charge in [-0.05, 0) is 26.3 Å². The number of amides is 1. The zero-order chi connectivity index (χ0) is 16.4. The van der Waals surface area contributed by atoms with Crippen LogP contribution in [0.1, 0.15) is 42.0 Å². The third kappa shape index (κ3) is 2.01. The van der Waals surface area contributed by atoms with Gasteiger partial charge in [-0.2, -0.15) is 0 Å². The van der Waals surface area contributed by atoms with Crippen molar-refractivity contribution in [3.05, 3.63) is 23.0 Å². The summed E-state index contributed by atoms with van der Waals surface area (Å²) < 4.78 is 11.0. The Bertz CT molecular complexity index is 796. The number of carbonyl (C=O) groups excluding carboxylic acids is 1. The summed E-state index contributed by atoms with van der Waals surface area (Å²) in [6, 6.07) is 1.93. The fraction of sp³-hybridized carbons (Fsp3) is 0.588. The molecule has 4 rings (SSSR count). The van der Waals surface area contributed by atoms with E-state index in [1.165, 1.54) is 0 Å². The summed E-state index contributed by atoms with van der Waals surface area (Å²) in [7, 11) is 0. The molecular weight excluding hydrogens is 294 g/mol. The molecule has 6 heteroatoms. The van der Waals surface area contributed by atoms with Crippen LogP contribution in [-0.2, 0) is 4.74 Å². The van der Waals surface area contributed by atoms with E-state index in [9.17, 15) is 4.79 Å². The van der Waals surface area contributed by atoms with Crippen LogP contribution in [0.15, 0.2) is 10.6 Å². The molecule has 1 saturated carbocycles. The number of fused-ring (bicyclic) bond motifs is 2. The van der Waals surface area contributed by atoms with E-state index in [0.717, 1.165) is 18.7 Å². The molecule has 1 aliphatic heterocycles. The van der Waals surface area contributed by atoms with Crippen LogP contribution in [0.25, 0.3) is 11.1 Å². The number of aryl methyl sites for hydroxylation is 2. The van der Waals surface area contributed by atoms with Crippen LogP contribution in [0.2, 0.25) is 0 Å². The van der Waals surface area contributed by atoms with Gasteiger partial charge in [-0.25, -0.2) is 4.98 Å². The maximum atomic E-state index is 12.9. The van der Waals surface area contributed by atoms with Crippen LogP contribution in [0.5, 0.6) is 0 Å². The first-order chi connectivity index (χ1) is 10.9. The van der Waals surface area contributed by atoms with Crippen molar-refractivity contribution in [3.63, 3.8) is 0 Å². The molecule has 2 aromatic rings. The van der Waals surface area contributed by atoms with Crippen LogP contribution in [-0.4, -0.2) is 34.8 Å². The van der Waals surface area contributed by atoms with Crippen molar-refractivity contribution in [2.45, 2.75) is 46.3 Å². The molecule has 6 nitrogen and oxygen atoms in total. The van der Waals surface area contributed by atoms with Gasteiger partial charge in [0.15, 0.2) is 0 Å². The quantitative estimate of drug-likeness (QED) is 0.920. The normalized spacial score (nSPS) is 28.4. The molecule has 1 amide bonds. The van der Waals surface area contributed by atoms with Crippen LogP contribution in [0.4, 0.5) is 0 Å². The van der Waals surface area contributed by atoms with Gasteiger partial charge in [-0.1, -0.05) is 19.0 Å². The van der Waals surface area contributed by atoms with Crippen molar-refractivity contribution >= 4 is 17.0 Å². The van der Waals surface area contributed by atoms with Gasteiger partial charge in [0.2, 0.25) is 0 Å². The molecule has 3 heterocycles. The minimum absolute atomic E-state index is 0.0400. The molecule has 1 saturated heterocycles. The summed E-state index contributed by atoms with van der Waals surface area (Å²) in [5.74, 6) is 0.325. The Kier molecular flexibility index (Phi) is 3.04. The molecule has 122 valence electrons. The number of nitrogens with zero attached hydrogens (tertiary/aromatic N) is 2. The first-order valence-electron chi connectivity index (χ1n) is 8.05. The molecule has 0 spiro atoms. The second-order valence-corrected chi connectivity index (χ2v) is 7.28. The highest BCUT2D eigenvalue weighted by Gasteiger charge is 2.59. The maximum Gasteiger partial charge on any atom is 0.258 e. The summed E-state index contributed by atoms with van der Waals surface area (Å²) in [5.41, 5.74) is 2.40. The molecule has 3 atom stereocenters.